The highest BCUT2D eigenvalue weighted by molar-refractivity contribution is 5.94. The fourth-order valence-electron chi connectivity index (χ4n) is 1.57. The van der Waals surface area contributed by atoms with Gasteiger partial charge in [-0.2, -0.15) is 0 Å². The quantitative estimate of drug-likeness (QED) is 0.393. The van der Waals surface area contributed by atoms with E-state index in [-0.39, 0.29) is 24.3 Å². The lowest BCUT2D eigenvalue weighted by Gasteiger charge is -2.21. The summed E-state index contributed by atoms with van der Waals surface area (Å²) in [7, 11) is 0. The third-order valence-electron chi connectivity index (χ3n) is 2.19. The van der Waals surface area contributed by atoms with Crippen molar-refractivity contribution in [3.8, 4) is 0 Å². The van der Waals surface area contributed by atoms with Crippen LogP contribution in [0.2, 0.25) is 0 Å². The third-order valence-corrected chi connectivity index (χ3v) is 2.19. The van der Waals surface area contributed by atoms with Gasteiger partial charge in [-0.05, 0) is 25.7 Å². The molecule has 4 heteroatoms. The molecule has 0 aromatic rings. The zero-order valence-electron chi connectivity index (χ0n) is 7.71. The molecule has 4 nitrogen and oxygen atoms in total. The highest BCUT2D eigenvalue weighted by Gasteiger charge is 2.17. The predicted octanol–water partition coefficient (Wildman–Crippen LogP) is 1.19. The lowest BCUT2D eigenvalue weighted by molar-refractivity contribution is -0.148. The smallest absolute Gasteiger partial charge is 0.313 e. The fourth-order valence-corrected chi connectivity index (χ4v) is 1.57. The highest BCUT2D eigenvalue weighted by Crippen LogP contribution is 2.20. The van der Waals surface area contributed by atoms with Gasteiger partial charge in [0.25, 0.3) is 0 Å². The predicted molar refractivity (Wildman–Crippen MR) is 49.5 cm³/mol. The van der Waals surface area contributed by atoms with E-state index in [1.807, 2.05) is 0 Å². The number of rotatable bonds is 3. The van der Waals surface area contributed by atoms with Crippen LogP contribution in [0.25, 0.3) is 0 Å². The molecule has 0 aromatic heterocycles. The van der Waals surface area contributed by atoms with Crippen LogP contribution >= 0.6 is 0 Å². The maximum Gasteiger partial charge on any atom is 0.313 e. The fraction of sp³-hybridized carbons (Fsp3) is 0.778. The van der Waals surface area contributed by atoms with Crippen LogP contribution in [0.15, 0.2) is 0 Å². The molecule has 1 rings (SSSR count). The van der Waals surface area contributed by atoms with Crippen molar-refractivity contribution < 1.29 is 9.53 Å². The van der Waals surface area contributed by atoms with Gasteiger partial charge in [-0.25, -0.2) is 0 Å². The Balaban J connectivity index is 2.22. The zero-order chi connectivity index (χ0) is 9.68. The Morgan fingerprint density at radius 2 is 2.00 bits per heavy atom. The number of carbonyl (C=O) groups excluding carboxylic acids is 1. The Kier molecular flexibility index (Phi) is 3.73. The van der Waals surface area contributed by atoms with Crippen LogP contribution in [-0.2, 0) is 9.53 Å². The lowest BCUT2D eigenvalue weighted by atomic mass is 9.98. The summed E-state index contributed by atoms with van der Waals surface area (Å²) < 4.78 is 5.14. The Bertz CT molecular complexity index is 198. The molecule has 13 heavy (non-hydrogen) atoms. The Hall–Kier alpha value is -1.06. The van der Waals surface area contributed by atoms with Crippen LogP contribution in [0.5, 0.6) is 0 Å². The summed E-state index contributed by atoms with van der Waals surface area (Å²) in [6, 6.07) is 0. The van der Waals surface area contributed by atoms with Crippen molar-refractivity contribution in [2.45, 2.75) is 44.6 Å². The molecule has 74 valence electrons. The van der Waals surface area contributed by atoms with E-state index in [0.717, 1.165) is 25.7 Å². The largest absolute Gasteiger partial charge is 0.462 e. The van der Waals surface area contributed by atoms with E-state index in [2.05, 4.69) is 0 Å². The summed E-state index contributed by atoms with van der Waals surface area (Å²) in [6.07, 6.45) is 5.43. The minimum absolute atomic E-state index is 0.0700. The number of esters is 1. The summed E-state index contributed by atoms with van der Waals surface area (Å²) in [5.41, 5.74) is 5.08. The van der Waals surface area contributed by atoms with Crippen LogP contribution in [0, 0.1) is 5.41 Å². The van der Waals surface area contributed by atoms with Crippen molar-refractivity contribution in [1.29, 1.82) is 5.41 Å². The summed E-state index contributed by atoms with van der Waals surface area (Å²) in [4.78, 5) is 11.1. The molecule has 0 saturated heterocycles. The molecule has 0 amide bonds. The number of ether oxygens (including phenoxy) is 1. The van der Waals surface area contributed by atoms with Crippen molar-refractivity contribution in [2.24, 2.45) is 5.73 Å². The average Bonchev–Trinajstić information content (AvgIpc) is 2.04. The molecule has 0 radical (unpaired) electrons. The summed E-state index contributed by atoms with van der Waals surface area (Å²) in [6.45, 7) is 0. The van der Waals surface area contributed by atoms with Gasteiger partial charge in [0, 0.05) is 0 Å². The van der Waals surface area contributed by atoms with Crippen molar-refractivity contribution in [1.82, 2.24) is 0 Å². The number of hydrogen-bond acceptors (Lipinski definition) is 3. The first-order chi connectivity index (χ1) is 6.18. The second kappa shape index (κ2) is 4.84. The van der Waals surface area contributed by atoms with E-state index in [9.17, 15) is 4.79 Å². The Morgan fingerprint density at radius 3 is 2.54 bits per heavy atom. The molecular formula is C9H16N2O2. The summed E-state index contributed by atoms with van der Waals surface area (Å²) in [5.74, 6) is -0.486. The van der Waals surface area contributed by atoms with Gasteiger partial charge in [-0.1, -0.05) is 6.42 Å². The topological polar surface area (TPSA) is 76.2 Å². The average molecular weight is 184 g/mol. The van der Waals surface area contributed by atoms with Crippen molar-refractivity contribution in [3.05, 3.63) is 0 Å². The van der Waals surface area contributed by atoms with Gasteiger partial charge in [-0.15, -0.1) is 0 Å². The van der Waals surface area contributed by atoms with Crippen LogP contribution in [0.3, 0.4) is 0 Å². The molecule has 0 aromatic carbocycles. The van der Waals surface area contributed by atoms with Crippen LogP contribution < -0.4 is 5.73 Å². The highest BCUT2D eigenvalue weighted by atomic mass is 16.5. The van der Waals surface area contributed by atoms with Gasteiger partial charge in [0.2, 0.25) is 0 Å². The Labute approximate surface area is 78.0 Å². The van der Waals surface area contributed by atoms with E-state index >= 15 is 0 Å². The lowest BCUT2D eigenvalue weighted by Crippen LogP contribution is -2.24. The molecule has 0 heterocycles. The number of amidine groups is 1. The van der Waals surface area contributed by atoms with Crippen LogP contribution in [0.4, 0.5) is 0 Å². The van der Waals surface area contributed by atoms with Gasteiger partial charge in [0.15, 0.2) is 0 Å². The number of carbonyl (C=O) groups is 1. The molecule has 0 atom stereocenters. The first-order valence-corrected chi connectivity index (χ1v) is 4.71. The molecule has 3 N–H and O–H groups in total. The van der Waals surface area contributed by atoms with Crippen LogP contribution in [0.1, 0.15) is 38.5 Å². The summed E-state index contributed by atoms with van der Waals surface area (Å²) >= 11 is 0. The molecular weight excluding hydrogens is 168 g/mol. The van der Waals surface area contributed by atoms with Crippen molar-refractivity contribution >= 4 is 11.8 Å². The summed E-state index contributed by atoms with van der Waals surface area (Å²) in [5, 5.41) is 6.92. The molecule has 0 aliphatic heterocycles. The van der Waals surface area contributed by atoms with Crippen molar-refractivity contribution in [3.63, 3.8) is 0 Å². The Morgan fingerprint density at radius 1 is 1.38 bits per heavy atom. The second-order valence-electron chi connectivity index (χ2n) is 3.45. The molecule has 1 saturated carbocycles. The molecule has 0 bridgehead atoms. The van der Waals surface area contributed by atoms with Gasteiger partial charge >= 0.3 is 5.97 Å². The maximum absolute atomic E-state index is 11.1. The van der Waals surface area contributed by atoms with Crippen molar-refractivity contribution in [2.75, 3.05) is 0 Å². The number of hydrogen-bond donors (Lipinski definition) is 2. The van der Waals surface area contributed by atoms with E-state index < -0.39 is 0 Å². The number of nitrogens with one attached hydrogen (secondary N) is 1. The normalized spacial score (nSPS) is 18.2. The maximum atomic E-state index is 11.1. The van der Waals surface area contributed by atoms with E-state index in [1.54, 1.807) is 0 Å². The van der Waals surface area contributed by atoms with Gasteiger partial charge in [0.1, 0.15) is 18.4 Å². The SMILES string of the molecule is N=C(N)CC(=O)OC1CCCCC1. The molecule has 0 unspecified atom stereocenters. The standard InChI is InChI=1S/C9H16N2O2/c10-8(11)6-9(12)13-7-4-2-1-3-5-7/h7H,1-6H2,(H3,10,11). The van der Waals surface area contributed by atoms with Gasteiger partial charge in [0.05, 0.1) is 0 Å². The minimum Gasteiger partial charge on any atom is -0.462 e. The van der Waals surface area contributed by atoms with E-state index in [1.165, 1.54) is 6.42 Å². The molecule has 1 aliphatic carbocycles. The first kappa shape index (κ1) is 10.0. The number of nitrogens with two attached hydrogens (primary N) is 1. The second-order valence-corrected chi connectivity index (χ2v) is 3.45. The monoisotopic (exact) mass is 184 g/mol. The molecule has 0 spiro atoms. The first-order valence-electron chi connectivity index (χ1n) is 4.71. The zero-order valence-corrected chi connectivity index (χ0v) is 7.71. The molecule has 1 aliphatic rings. The van der Waals surface area contributed by atoms with Gasteiger partial charge < -0.3 is 10.5 Å². The third kappa shape index (κ3) is 3.92. The molecule has 1 fully saturated rings. The van der Waals surface area contributed by atoms with Crippen LogP contribution in [-0.4, -0.2) is 17.9 Å². The minimum atomic E-state index is -0.362. The van der Waals surface area contributed by atoms with E-state index in [4.69, 9.17) is 15.9 Å². The van der Waals surface area contributed by atoms with Gasteiger partial charge in [-0.3, -0.25) is 10.2 Å². The van der Waals surface area contributed by atoms with E-state index in [0.29, 0.717) is 0 Å².